The summed E-state index contributed by atoms with van der Waals surface area (Å²) < 4.78 is 16.8. The zero-order valence-corrected chi connectivity index (χ0v) is 42.4. The third-order valence-electron chi connectivity index (χ3n) is 10.8. The lowest BCUT2D eigenvalue weighted by Gasteiger charge is -2.18. The third kappa shape index (κ3) is 50.8. The second-order valence-corrected chi connectivity index (χ2v) is 17.1. The van der Waals surface area contributed by atoms with E-state index in [2.05, 4.69) is 142 Å². The lowest BCUT2D eigenvalue weighted by atomic mass is 10.1. The van der Waals surface area contributed by atoms with E-state index < -0.39 is 6.10 Å². The summed E-state index contributed by atoms with van der Waals surface area (Å²) in [6, 6.07) is 0. The minimum atomic E-state index is -0.812. The predicted octanol–water partition coefficient (Wildman–Crippen LogP) is 17.7. The van der Waals surface area contributed by atoms with Crippen molar-refractivity contribution in [2.75, 3.05) is 13.2 Å². The molecule has 0 saturated carbocycles. The second-order valence-electron chi connectivity index (χ2n) is 17.1. The molecule has 66 heavy (non-hydrogen) atoms. The van der Waals surface area contributed by atoms with Crippen molar-refractivity contribution in [2.45, 2.75) is 226 Å². The van der Waals surface area contributed by atoms with Gasteiger partial charge < -0.3 is 14.2 Å². The average molecular weight is 913 g/mol. The van der Waals surface area contributed by atoms with Crippen molar-refractivity contribution in [3.8, 4) is 0 Å². The van der Waals surface area contributed by atoms with Crippen molar-refractivity contribution in [1.29, 1.82) is 0 Å². The Kier molecular flexibility index (Phi) is 50.0. The van der Waals surface area contributed by atoms with Crippen molar-refractivity contribution in [3.05, 3.63) is 122 Å². The molecule has 0 fully saturated rings. The van der Waals surface area contributed by atoms with Crippen LogP contribution in [-0.4, -0.2) is 37.2 Å². The van der Waals surface area contributed by atoms with Crippen LogP contribution in [0.3, 0.4) is 0 Å². The van der Waals surface area contributed by atoms with Gasteiger partial charge >= 0.3 is 17.9 Å². The quantitative estimate of drug-likeness (QED) is 0.0199. The van der Waals surface area contributed by atoms with Crippen LogP contribution in [0.2, 0.25) is 0 Å². The molecule has 0 rings (SSSR count). The molecule has 1 atom stereocenters. The zero-order valence-electron chi connectivity index (χ0n) is 42.4. The maximum absolute atomic E-state index is 12.8. The maximum atomic E-state index is 12.8. The second kappa shape index (κ2) is 53.4. The predicted molar refractivity (Wildman–Crippen MR) is 283 cm³/mol. The SMILES string of the molecule is CC/C=C\C/C=C\C/C=C\C/C=C\CCCCCC(=O)OC(COC(=O)CCCCCCC\C=C/C=C\C=C/C=C\CCCCC)COC(=O)CCCCCCCCC/C=C\C/C=C\CC. The zero-order chi connectivity index (χ0) is 47.9. The van der Waals surface area contributed by atoms with Gasteiger partial charge in [-0.25, -0.2) is 0 Å². The first-order valence-corrected chi connectivity index (χ1v) is 26.6. The van der Waals surface area contributed by atoms with Crippen LogP contribution in [0.15, 0.2) is 122 Å². The highest BCUT2D eigenvalue weighted by Crippen LogP contribution is 2.13. The first-order chi connectivity index (χ1) is 32.5. The largest absolute Gasteiger partial charge is 0.462 e. The monoisotopic (exact) mass is 913 g/mol. The van der Waals surface area contributed by atoms with E-state index in [1.165, 1.54) is 44.9 Å². The molecule has 0 spiro atoms. The highest BCUT2D eigenvalue weighted by molar-refractivity contribution is 5.71. The smallest absolute Gasteiger partial charge is 0.306 e. The minimum absolute atomic E-state index is 0.107. The van der Waals surface area contributed by atoms with Gasteiger partial charge in [0.05, 0.1) is 0 Å². The molecule has 0 aromatic carbocycles. The van der Waals surface area contributed by atoms with Crippen molar-refractivity contribution in [2.24, 2.45) is 0 Å². The lowest BCUT2D eigenvalue weighted by Crippen LogP contribution is -2.30. The summed E-state index contributed by atoms with van der Waals surface area (Å²) >= 11 is 0. The molecule has 6 heteroatoms. The van der Waals surface area contributed by atoms with Crippen LogP contribution in [-0.2, 0) is 28.6 Å². The highest BCUT2D eigenvalue weighted by Gasteiger charge is 2.19. The van der Waals surface area contributed by atoms with Gasteiger partial charge in [-0.3, -0.25) is 14.4 Å². The Labute approximate surface area is 405 Å². The molecule has 0 radical (unpaired) electrons. The minimum Gasteiger partial charge on any atom is -0.462 e. The number of unbranched alkanes of at least 4 members (excludes halogenated alkanes) is 18. The van der Waals surface area contributed by atoms with Crippen molar-refractivity contribution in [1.82, 2.24) is 0 Å². The highest BCUT2D eigenvalue weighted by atomic mass is 16.6. The van der Waals surface area contributed by atoms with E-state index >= 15 is 0 Å². The van der Waals surface area contributed by atoms with Gasteiger partial charge in [-0.2, -0.15) is 0 Å². The fraction of sp³-hybridized carbons (Fsp3) is 0.617. The normalized spacial score (nSPS) is 13.1. The average Bonchev–Trinajstić information content (AvgIpc) is 3.31. The summed E-state index contributed by atoms with van der Waals surface area (Å²) in [6.07, 6.45) is 73.2. The van der Waals surface area contributed by atoms with Crippen LogP contribution >= 0.6 is 0 Å². The van der Waals surface area contributed by atoms with Gasteiger partial charge in [-0.15, -0.1) is 0 Å². The Hall–Kier alpha value is -4.19. The third-order valence-corrected chi connectivity index (χ3v) is 10.8. The van der Waals surface area contributed by atoms with Crippen LogP contribution in [0.1, 0.15) is 220 Å². The lowest BCUT2D eigenvalue weighted by molar-refractivity contribution is -0.167. The molecule has 0 aliphatic rings. The maximum Gasteiger partial charge on any atom is 0.306 e. The number of rotatable bonds is 46. The van der Waals surface area contributed by atoms with E-state index in [4.69, 9.17) is 14.2 Å². The fourth-order valence-corrected chi connectivity index (χ4v) is 6.83. The fourth-order valence-electron chi connectivity index (χ4n) is 6.83. The van der Waals surface area contributed by atoms with Crippen molar-refractivity contribution >= 4 is 17.9 Å². The number of hydrogen-bond donors (Lipinski definition) is 0. The molecule has 0 aromatic rings. The Morgan fingerprint density at radius 1 is 0.333 bits per heavy atom. The topological polar surface area (TPSA) is 78.9 Å². The summed E-state index contributed by atoms with van der Waals surface area (Å²) in [6.45, 7) is 6.31. The number of carbonyl (C=O) groups is 3. The van der Waals surface area contributed by atoms with E-state index in [1.54, 1.807) is 0 Å². The molecule has 0 aliphatic heterocycles. The van der Waals surface area contributed by atoms with Gasteiger partial charge in [0.15, 0.2) is 6.10 Å². The summed E-state index contributed by atoms with van der Waals surface area (Å²) in [5, 5.41) is 0. The van der Waals surface area contributed by atoms with E-state index in [0.717, 1.165) is 135 Å². The molecule has 372 valence electrons. The van der Waals surface area contributed by atoms with E-state index in [-0.39, 0.29) is 37.5 Å². The molecule has 0 amide bonds. The molecule has 0 saturated heterocycles. The van der Waals surface area contributed by atoms with Crippen LogP contribution in [0.25, 0.3) is 0 Å². The van der Waals surface area contributed by atoms with Crippen molar-refractivity contribution < 1.29 is 28.6 Å². The molecule has 0 aromatic heterocycles. The van der Waals surface area contributed by atoms with Crippen molar-refractivity contribution in [3.63, 3.8) is 0 Å². The molecular formula is C60H96O6. The standard InChI is InChI=1S/C60H96O6/c1-4-7-10-13-16-19-22-25-28-30-31-33-35-38-41-44-47-50-53-59(62)65-56-57(55-64-58(61)52-49-46-43-40-37-34-27-24-21-18-15-12-9-6-3)66-60(63)54-51-48-45-42-39-36-32-29-26-23-20-17-14-11-8-5-2/h8-9,11-12,16-22,25-26,28-31,33,36,39,57H,4-7,10,13-15,23-24,27,32,34-35,37-38,40-56H2,1-3H3/b11-8-,12-9-,19-16-,20-17-,21-18-,25-22-,29-26-,30-28-,33-31-,39-36-. The number of allylic oxidation sites excluding steroid dienone is 20. The molecule has 1 unspecified atom stereocenters. The number of carbonyl (C=O) groups excluding carboxylic acids is 3. The summed E-state index contributed by atoms with van der Waals surface area (Å²) in [5.74, 6) is -0.975. The Morgan fingerprint density at radius 3 is 1.08 bits per heavy atom. The van der Waals surface area contributed by atoms with Gasteiger partial charge in [0.25, 0.3) is 0 Å². The molecule has 6 nitrogen and oxygen atoms in total. The number of ether oxygens (including phenoxy) is 3. The van der Waals surface area contributed by atoms with Gasteiger partial charge in [-0.1, -0.05) is 213 Å². The van der Waals surface area contributed by atoms with Crippen LogP contribution < -0.4 is 0 Å². The van der Waals surface area contributed by atoms with E-state index in [1.807, 2.05) is 0 Å². The number of hydrogen-bond acceptors (Lipinski definition) is 6. The van der Waals surface area contributed by atoms with E-state index in [9.17, 15) is 14.4 Å². The first-order valence-electron chi connectivity index (χ1n) is 26.6. The number of esters is 3. The van der Waals surface area contributed by atoms with Gasteiger partial charge in [-0.05, 0) is 109 Å². The summed E-state index contributed by atoms with van der Waals surface area (Å²) in [5.41, 5.74) is 0. The van der Waals surface area contributed by atoms with Gasteiger partial charge in [0.1, 0.15) is 13.2 Å². The van der Waals surface area contributed by atoms with Crippen LogP contribution in [0.5, 0.6) is 0 Å². The molecule has 0 heterocycles. The van der Waals surface area contributed by atoms with Crippen LogP contribution in [0.4, 0.5) is 0 Å². The first kappa shape index (κ1) is 61.8. The Balaban J connectivity index is 4.52. The molecule has 0 N–H and O–H groups in total. The Bertz CT molecular complexity index is 1420. The Morgan fingerprint density at radius 2 is 0.652 bits per heavy atom. The van der Waals surface area contributed by atoms with Gasteiger partial charge in [0.2, 0.25) is 0 Å². The molecule has 0 bridgehead atoms. The van der Waals surface area contributed by atoms with E-state index in [0.29, 0.717) is 12.8 Å². The molecular weight excluding hydrogens is 817 g/mol. The van der Waals surface area contributed by atoms with Gasteiger partial charge in [0, 0.05) is 19.3 Å². The van der Waals surface area contributed by atoms with Crippen LogP contribution in [0, 0.1) is 0 Å². The summed E-state index contributed by atoms with van der Waals surface area (Å²) in [7, 11) is 0. The summed E-state index contributed by atoms with van der Waals surface area (Å²) in [4.78, 5) is 38.1. The molecule has 0 aliphatic carbocycles.